The predicted molar refractivity (Wildman–Crippen MR) is 107 cm³/mol. The van der Waals surface area contributed by atoms with Gasteiger partial charge in [0.1, 0.15) is 0 Å². The molecule has 0 aliphatic carbocycles. The number of anilines is 1. The van der Waals surface area contributed by atoms with Crippen molar-refractivity contribution in [3.63, 3.8) is 0 Å². The highest BCUT2D eigenvalue weighted by Crippen LogP contribution is 2.23. The SMILES string of the molecule is CC(C)(C)c1cc(NC(=O)CN2CCN(CCc3ccccc3)CC2)on1. The average molecular weight is 370 g/mol. The summed E-state index contributed by atoms with van der Waals surface area (Å²) in [5, 5.41) is 6.85. The van der Waals surface area contributed by atoms with Crippen molar-refractivity contribution < 1.29 is 9.32 Å². The van der Waals surface area contributed by atoms with Crippen molar-refractivity contribution in [3.05, 3.63) is 47.7 Å². The quantitative estimate of drug-likeness (QED) is 0.847. The summed E-state index contributed by atoms with van der Waals surface area (Å²) in [4.78, 5) is 16.9. The highest BCUT2D eigenvalue weighted by atomic mass is 16.5. The third-order valence-electron chi connectivity index (χ3n) is 4.93. The van der Waals surface area contributed by atoms with E-state index in [4.69, 9.17) is 4.52 Å². The number of hydrogen-bond donors (Lipinski definition) is 1. The molecule has 3 rings (SSSR count). The summed E-state index contributed by atoms with van der Waals surface area (Å²) in [6.45, 7) is 11.5. The van der Waals surface area contributed by atoms with Crippen LogP contribution in [0.3, 0.4) is 0 Å². The molecule has 2 heterocycles. The lowest BCUT2D eigenvalue weighted by atomic mass is 9.92. The molecule has 0 radical (unpaired) electrons. The van der Waals surface area contributed by atoms with Crippen LogP contribution in [0.4, 0.5) is 5.88 Å². The topological polar surface area (TPSA) is 61.6 Å². The first-order valence-electron chi connectivity index (χ1n) is 9.66. The van der Waals surface area contributed by atoms with E-state index in [1.54, 1.807) is 6.07 Å². The van der Waals surface area contributed by atoms with Crippen LogP contribution in [-0.2, 0) is 16.6 Å². The molecule has 0 spiro atoms. The van der Waals surface area contributed by atoms with Gasteiger partial charge in [-0.2, -0.15) is 0 Å². The molecule has 1 aromatic carbocycles. The van der Waals surface area contributed by atoms with Crippen LogP contribution in [0.15, 0.2) is 40.9 Å². The molecule has 0 atom stereocenters. The van der Waals surface area contributed by atoms with Gasteiger partial charge < -0.3 is 9.42 Å². The van der Waals surface area contributed by atoms with Crippen LogP contribution in [0.25, 0.3) is 0 Å². The number of carbonyl (C=O) groups excluding carboxylic acids is 1. The van der Waals surface area contributed by atoms with Crippen LogP contribution in [0.5, 0.6) is 0 Å². The maximum absolute atomic E-state index is 12.3. The van der Waals surface area contributed by atoms with Crippen LogP contribution in [0.1, 0.15) is 32.0 Å². The molecule has 2 aromatic rings. The molecule has 1 aliphatic heterocycles. The molecule has 1 aromatic heterocycles. The molecule has 6 nitrogen and oxygen atoms in total. The second kappa shape index (κ2) is 8.67. The van der Waals surface area contributed by atoms with E-state index >= 15 is 0 Å². The molecule has 0 bridgehead atoms. The molecule has 0 saturated carbocycles. The van der Waals surface area contributed by atoms with E-state index in [2.05, 4.69) is 71.4 Å². The van der Waals surface area contributed by atoms with Crippen LogP contribution in [-0.4, -0.2) is 60.1 Å². The summed E-state index contributed by atoms with van der Waals surface area (Å²) < 4.78 is 5.23. The normalized spacial score (nSPS) is 16.4. The van der Waals surface area contributed by atoms with Gasteiger partial charge in [0.15, 0.2) is 0 Å². The first-order valence-corrected chi connectivity index (χ1v) is 9.66. The van der Waals surface area contributed by atoms with Crippen molar-refractivity contribution in [2.24, 2.45) is 0 Å². The number of aromatic nitrogens is 1. The number of rotatable bonds is 6. The third kappa shape index (κ3) is 5.91. The van der Waals surface area contributed by atoms with Crippen molar-refractivity contribution in [1.82, 2.24) is 15.0 Å². The largest absolute Gasteiger partial charge is 0.338 e. The maximum atomic E-state index is 12.3. The summed E-state index contributed by atoms with van der Waals surface area (Å²) >= 11 is 0. The van der Waals surface area contributed by atoms with Crippen molar-refractivity contribution >= 4 is 11.8 Å². The highest BCUT2D eigenvalue weighted by Gasteiger charge is 2.21. The number of nitrogens with zero attached hydrogens (tertiary/aromatic N) is 3. The van der Waals surface area contributed by atoms with Crippen molar-refractivity contribution in [1.29, 1.82) is 0 Å². The van der Waals surface area contributed by atoms with Gasteiger partial charge in [-0.3, -0.25) is 15.0 Å². The Kier molecular flexibility index (Phi) is 6.29. The van der Waals surface area contributed by atoms with Crippen LogP contribution >= 0.6 is 0 Å². The summed E-state index contributed by atoms with van der Waals surface area (Å²) in [7, 11) is 0. The fourth-order valence-corrected chi connectivity index (χ4v) is 3.17. The van der Waals surface area contributed by atoms with E-state index in [0.29, 0.717) is 12.4 Å². The van der Waals surface area contributed by atoms with Gasteiger partial charge in [-0.05, 0) is 12.0 Å². The highest BCUT2D eigenvalue weighted by molar-refractivity contribution is 5.91. The summed E-state index contributed by atoms with van der Waals surface area (Å²) in [6, 6.07) is 12.4. The average Bonchev–Trinajstić information content (AvgIpc) is 3.11. The van der Waals surface area contributed by atoms with E-state index in [1.807, 2.05) is 0 Å². The third-order valence-corrected chi connectivity index (χ3v) is 4.93. The van der Waals surface area contributed by atoms with Gasteiger partial charge in [0.2, 0.25) is 11.8 Å². The van der Waals surface area contributed by atoms with E-state index in [0.717, 1.165) is 44.8 Å². The first kappa shape index (κ1) is 19.6. The maximum Gasteiger partial charge on any atom is 0.240 e. The number of carbonyl (C=O) groups is 1. The number of nitrogens with one attached hydrogen (secondary N) is 1. The van der Waals surface area contributed by atoms with Gasteiger partial charge in [0.25, 0.3) is 0 Å². The van der Waals surface area contributed by atoms with Crippen molar-refractivity contribution in [3.8, 4) is 0 Å². The zero-order valence-corrected chi connectivity index (χ0v) is 16.6. The van der Waals surface area contributed by atoms with E-state index in [1.165, 1.54) is 5.56 Å². The Labute approximate surface area is 161 Å². The van der Waals surface area contributed by atoms with Crippen molar-refractivity contribution in [2.45, 2.75) is 32.6 Å². The van der Waals surface area contributed by atoms with Gasteiger partial charge in [-0.15, -0.1) is 0 Å². The summed E-state index contributed by atoms with van der Waals surface area (Å²) in [6.07, 6.45) is 1.07. The first-order chi connectivity index (χ1) is 12.9. The Hall–Kier alpha value is -2.18. The van der Waals surface area contributed by atoms with Gasteiger partial charge in [-0.25, -0.2) is 0 Å². The Morgan fingerprint density at radius 3 is 2.41 bits per heavy atom. The zero-order valence-electron chi connectivity index (χ0n) is 16.6. The van der Waals surface area contributed by atoms with Crippen LogP contribution < -0.4 is 5.32 Å². The molecule has 6 heteroatoms. The Morgan fingerprint density at radius 2 is 1.78 bits per heavy atom. The fourth-order valence-electron chi connectivity index (χ4n) is 3.17. The second-order valence-corrected chi connectivity index (χ2v) is 8.23. The number of piperazine rings is 1. The lowest BCUT2D eigenvalue weighted by Gasteiger charge is -2.34. The Balaban J connectivity index is 1.38. The van der Waals surface area contributed by atoms with Gasteiger partial charge in [-0.1, -0.05) is 56.3 Å². The minimum atomic E-state index is -0.0947. The van der Waals surface area contributed by atoms with E-state index in [-0.39, 0.29) is 11.3 Å². The molecular weight excluding hydrogens is 340 g/mol. The smallest absolute Gasteiger partial charge is 0.240 e. The summed E-state index contributed by atoms with van der Waals surface area (Å²) in [5.41, 5.74) is 2.12. The molecule has 1 amide bonds. The van der Waals surface area contributed by atoms with E-state index < -0.39 is 0 Å². The molecule has 1 saturated heterocycles. The number of hydrogen-bond acceptors (Lipinski definition) is 5. The monoisotopic (exact) mass is 370 g/mol. The second-order valence-electron chi connectivity index (χ2n) is 8.23. The van der Waals surface area contributed by atoms with Crippen molar-refractivity contribution in [2.75, 3.05) is 44.6 Å². The zero-order chi connectivity index (χ0) is 19.3. The fraction of sp³-hybridized carbons (Fsp3) is 0.524. The van der Waals surface area contributed by atoms with Gasteiger partial charge in [0, 0.05) is 44.2 Å². The predicted octanol–water partition coefficient (Wildman–Crippen LogP) is 2.77. The van der Waals surface area contributed by atoms with Crippen LogP contribution in [0, 0.1) is 0 Å². The number of amides is 1. The Bertz CT molecular complexity index is 728. The van der Waals surface area contributed by atoms with E-state index in [9.17, 15) is 4.79 Å². The minimum Gasteiger partial charge on any atom is -0.338 e. The lowest BCUT2D eigenvalue weighted by molar-refractivity contribution is -0.117. The molecule has 27 heavy (non-hydrogen) atoms. The summed E-state index contributed by atoms with van der Waals surface area (Å²) in [5.74, 6) is 0.371. The number of benzene rings is 1. The molecule has 1 aliphatic rings. The molecule has 146 valence electrons. The van der Waals surface area contributed by atoms with Gasteiger partial charge >= 0.3 is 0 Å². The minimum absolute atomic E-state index is 0.0515. The molecule has 1 N–H and O–H groups in total. The standard InChI is InChI=1S/C21H30N4O2/c1-21(2,3)18-15-20(27-23-18)22-19(26)16-25-13-11-24(12-14-25)10-9-17-7-5-4-6-8-17/h4-8,15H,9-14,16H2,1-3H3,(H,22,26). The van der Waals surface area contributed by atoms with Gasteiger partial charge in [0.05, 0.1) is 12.2 Å². The molecule has 0 unspecified atom stereocenters. The van der Waals surface area contributed by atoms with Crippen LogP contribution in [0.2, 0.25) is 0 Å². The lowest BCUT2D eigenvalue weighted by Crippen LogP contribution is -2.49. The molecular formula is C21H30N4O2. The Morgan fingerprint density at radius 1 is 1.11 bits per heavy atom. The molecule has 1 fully saturated rings.